The third-order valence-electron chi connectivity index (χ3n) is 4.22. The summed E-state index contributed by atoms with van der Waals surface area (Å²) < 4.78 is 11.5. The van der Waals surface area contributed by atoms with Gasteiger partial charge < -0.3 is 14.6 Å². The molecule has 0 aromatic carbocycles. The SMILES string of the molecule is C=C(C)C(=O)OC1CC1C(C)(C)OC(C)(C)C(C)(C)O. The zero-order valence-corrected chi connectivity index (χ0v) is 13.7. The van der Waals surface area contributed by atoms with Gasteiger partial charge in [-0.2, -0.15) is 0 Å². The summed E-state index contributed by atoms with van der Waals surface area (Å²) in [4.78, 5) is 11.5. The smallest absolute Gasteiger partial charge is 0.333 e. The Labute approximate surface area is 122 Å². The minimum Gasteiger partial charge on any atom is -0.459 e. The van der Waals surface area contributed by atoms with Crippen molar-refractivity contribution in [2.75, 3.05) is 0 Å². The maximum Gasteiger partial charge on any atom is 0.333 e. The number of carbonyl (C=O) groups excluding carboxylic acids is 1. The summed E-state index contributed by atoms with van der Waals surface area (Å²) in [7, 11) is 0. The number of esters is 1. The van der Waals surface area contributed by atoms with E-state index < -0.39 is 16.8 Å². The first kappa shape index (κ1) is 17.2. The van der Waals surface area contributed by atoms with Crippen LogP contribution >= 0.6 is 0 Å². The van der Waals surface area contributed by atoms with Gasteiger partial charge in [-0.3, -0.25) is 0 Å². The molecule has 0 amide bonds. The Bertz CT molecular complexity index is 401. The molecule has 0 spiro atoms. The molecule has 4 nitrogen and oxygen atoms in total. The van der Waals surface area contributed by atoms with Gasteiger partial charge in [0.15, 0.2) is 0 Å². The first-order valence-corrected chi connectivity index (χ1v) is 7.07. The fraction of sp³-hybridized carbons (Fsp3) is 0.812. The van der Waals surface area contributed by atoms with Gasteiger partial charge in [-0.1, -0.05) is 6.58 Å². The Morgan fingerprint density at radius 2 is 1.70 bits per heavy atom. The van der Waals surface area contributed by atoms with Crippen LogP contribution in [-0.4, -0.2) is 34.0 Å². The van der Waals surface area contributed by atoms with Crippen molar-refractivity contribution >= 4 is 5.97 Å². The van der Waals surface area contributed by atoms with Crippen molar-refractivity contribution in [3.8, 4) is 0 Å². The summed E-state index contributed by atoms with van der Waals surface area (Å²) >= 11 is 0. The minimum absolute atomic E-state index is 0.119. The molecular formula is C16H28O4. The number of carbonyl (C=O) groups is 1. The van der Waals surface area contributed by atoms with Gasteiger partial charge in [0, 0.05) is 11.5 Å². The average molecular weight is 284 g/mol. The molecular weight excluding hydrogens is 256 g/mol. The van der Waals surface area contributed by atoms with Crippen LogP contribution in [0.15, 0.2) is 12.2 Å². The van der Waals surface area contributed by atoms with E-state index >= 15 is 0 Å². The molecule has 1 aliphatic carbocycles. The molecule has 0 aromatic heterocycles. The predicted octanol–water partition coefficient (Wildman–Crippen LogP) is 2.84. The molecule has 0 aliphatic heterocycles. The molecule has 0 saturated heterocycles. The van der Waals surface area contributed by atoms with E-state index in [1.165, 1.54) is 0 Å². The van der Waals surface area contributed by atoms with E-state index in [4.69, 9.17) is 9.47 Å². The lowest BCUT2D eigenvalue weighted by molar-refractivity contribution is -0.212. The highest BCUT2D eigenvalue weighted by Gasteiger charge is 2.54. The normalized spacial score (nSPS) is 23.4. The van der Waals surface area contributed by atoms with Crippen LogP contribution in [0.25, 0.3) is 0 Å². The fourth-order valence-electron chi connectivity index (χ4n) is 2.13. The maximum absolute atomic E-state index is 11.5. The Kier molecular flexibility index (Phi) is 4.43. The zero-order chi connectivity index (χ0) is 15.9. The van der Waals surface area contributed by atoms with Crippen molar-refractivity contribution in [1.82, 2.24) is 0 Å². The van der Waals surface area contributed by atoms with Crippen LogP contribution < -0.4 is 0 Å². The highest BCUT2D eigenvalue weighted by Crippen LogP contribution is 2.47. The molecule has 1 rings (SSSR count). The highest BCUT2D eigenvalue weighted by molar-refractivity contribution is 5.87. The monoisotopic (exact) mass is 284 g/mol. The lowest BCUT2D eigenvalue weighted by Gasteiger charge is -2.43. The van der Waals surface area contributed by atoms with E-state index in [0.29, 0.717) is 5.57 Å². The Balaban J connectivity index is 2.64. The molecule has 1 fully saturated rings. The molecule has 116 valence electrons. The van der Waals surface area contributed by atoms with E-state index in [-0.39, 0.29) is 18.0 Å². The summed E-state index contributed by atoms with van der Waals surface area (Å²) in [6, 6.07) is 0. The summed E-state index contributed by atoms with van der Waals surface area (Å²) in [5.41, 5.74) is -1.71. The van der Waals surface area contributed by atoms with Gasteiger partial charge in [-0.05, 0) is 54.9 Å². The van der Waals surface area contributed by atoms with Crippen molar-refractivity contribution in [2.24, 2.45) is 5.92 Å². The molecule has 1 N–H and O–H groups in total. The van der Waals surface area contributed by atoms with Crippen LogP contribution in [0.5, 0.6) is 0 Å². The van der Waals surface area contributed by atoms with Crippen molar-refractivity contribution in [3.05, 3.63) is 12.2 Å². The van der Waals surface area contributed by atoms with Gasteiger partial charge in [0.1, 0.15) is 6.10 Å². The van der Waals surface area contributed by atoms with Gasteiger partial charge in [-0.25, -0.2) is 4.79 Å². The number of hydrogen-bond acceptors (Lipinski definition) is 4. The van der Waals surface area contributed by atoms with Gasteiger partial charge in [0.2, 0.25) is 0 Å². The quantitative estimate of drug-likeness (QED) is 0.602. The number of ether oxygens (including phenoxy) is 2. The highest BCUT2D eigenvalue weighted by atomic mass is 16.6. The van der Waals surface area contributed by atoms with E-state index in [0.717, 1.165) is 6.42 Å². The Morgan fingerprint density at radius 1 is 1.20 bits per heavy atom. The van der Waals surface area contributed by atoms with Crippen LogP contribution in [0.2, 0.25) is 0 Å². The van der Waals surface area contributed by atoms with Crippen LogP contribution in [0.4, 0.5) is 0 Å². The van der Waals surface area contributed by atoms with Crippen molar-refractivity contribution in [1.29, 1.82) is 0 Å². The Hall–Kier alpha value is -0.870. The predicted molar refractivity (Wildman–Crippen MR) is 78.3 cm³/mol. The molecule has 1 aliphatic rings. The first-order valence-electron chi connectivity index (χ1n) is 7.07. The Morgan fingerprint density at radius 3 is 2.10 bits per heavy atom. The molecule has 0 bridgehead atoms. The summed E-state index contributed by atoms with van der Waals surface area (Å²) in [6.45, 7) is 16.4. The van der Waals surface area contributed by atoms with Crippen LogP contribution in [0.1, 0.15) is 54.9 Å². The van der Waals surface area contributed by atoms with E-state index in [9.17, 15) is 9.90 Å². The second-order valence-corrected chi connectivity index (χ2v) is 7.34. The topological polar surface area (TPSA) is 55.8 Å². The average Bonchev–Trinajstić information content (AvgIpc) is 2.93. The molecule has 20 heavy (non-hydrogen) atoms. The first-order chi connectivity index (χ1) is 8.78. The van der Waals surface area contributed by atoms with Gasteiger partial charge in [0.25, 0.3) is 0 Å². The summed E-state index contributed by atoms with van der Waals surface area (Å²) in [5.74, 6) is -0.206. The molecule has 0 radical (unpaired) electrons. The molecule has 1 saturated carbocycles. The van der Waals surface area contributed by atoms with Crippen molar-refractivity contribution in [3.63, 3.8) is 0 Å². The molecule has 0 aromatic rings. The van der Waals surface area contributed by atoms with Gasteiger partial charge >= 0.3 is 5.97 Å². The lowest BCUT2D eigenvalue weighted by Crippen LogP contribution is -2.52. The molecule has 2 unspecified atom stereocenters. The largest absolute Gasteiger partial charge is 0.459 e. The second kappa shape index (κ2) is 5.15. The van der Waals surface area contributed by atoms with Crippen LogP contribution in [-0.2, 0) is 14.3 Å². The lowest BCUT2D eigenvalue weighted by atomic mass is 9.88. The summed E-state index contributed by atoms with van der Waals surface area (Å²) in [6.07, 6.45) is 0.667. The van der Waals surface area contributed by atoms with E-state index in [1.807, 2.05) is 27.7 Å². The molecule has 0 heterocycles. The van der Waals surface area contributed by atoms with Crippen molar-refractivity contribution in [2.45, 2.75) is 77.8 Å². The maximum atomic E-state index is 11.5. The molecule has 4 heteroatoms. The third kappa shape index (κ3) is 3.83. The van der Waals surface area contributed by atoms with Crippen molar-refractivity contribution < 1.29 is 19.4 Å². The van der Waals surface area contributed by atoms with Crippen LogP contribution in [0, 0.1) is 5.92 Å². The minimum atomic E-state index is -0.955. The standard InChI is InChI=1S/C16H28O4/c1-10(2)13(17)19-12-9-11(12)14(3,4)20-16(7,8)15(5,6)18/h11-12,18H,1,9H2,2-8H3. The fourth-order valence-corrected chi connectivity index (χ4v) is 2.13. The molecule has 2 atom stereocenters. The van der Waals surface area contributed by atoms with E-state index in [2.05, 4.69) is 6.58 Å². The third-order valence-corrected chi connectivity index (χ3v) is 4.22. The zero-order valence-electron chi connectivity index (χ0n) is 13.7. The second-order valence-electron chi connectivity index (χ2n) is 7.34. The number of hydrogen-bond donors (Lipinski definition) is 1. The van der Waals surface area contributed by atoms with Crippen LogP contribution in [0.3, 0.4) is 0 Å². The van der Waals surface area contributed by atoms with Gasteiger partial charge in [-0.15, -0.1) is 0 Å². The summed E-state index contributed by atoms with van der Waals surface area (Å²) in [5, 5.41) is 10.2. The van der Waals surface area contributed by atoms with E-state index in [1.54, 1.807) is 20.8 Å². The number of rotatable bonds is 6. The van der Waals surface area contributed by atoms with Gasteiger partial charge in [0.05, 0.1) is 16.8 Å². The number of aliphatic hydroxyl groups is 1.